The predicted octanol–water partition coefficient (Wildman–Crippen LogP) is 0.867. The van der Waals surface area contributed by atoms with Gasteiger partial charge >= 0.3 is 10.4 Å². The number of carbonyl (C=O) groups excluding carboxylic acids is 1. The van der Waals surface area contributed by atoms with Crippen molar-refractivity contribution in [2.45, 2.75) is 13.3 Å². The average molecular weight is 346 g/mol. The number of amides is 1. The number of hydrogen-bond acceptors (Lipinski definition) is 5. The maximum atomic E-state index is 12.0. The van der Waals surface area contributed by atoms with Gasteiger partial charge in [0.15, 0.2) is 0 Å². The molecule has 0 aromatic heterocycles. The van der Waals surface area contributed by atoms with E-state index in [1.807, 2.05) is 24.3 Å². The molecule has 0 saturated carbocycles. The molecule has 130 valence electrons. The second kappa shape index (κ2) is 9.58. The first kappa shape index (κ1) is 19.5. The fourth-order valence-electron chi connectivity index (χ4n) is 2.10. The Labute approximate surface area is 136 Å². The molecule has 8 nitrogen and oxygen atoms in total. The van der Waals surface area contributed by atoms with Crippen LogP contribution in [0.25, 0.3) is 0 Å². The molecule has 0 unspecified atom stereocenters. The Hall–Kier alpha value is -1.52. The zero-order valence-corrected chi connectivity index (χ0v) is 13.8. The molecule has 1 amide bonds. The molecule has 0 aliphatic carbocycles. The molecule has 0 radical (unpaired) electrons. The van der Waals surface area contributed by atoms with Crippen molar-refractivity contribution in [3.63, 3.8) is 0 Å². The summed E-state index contributed by atoms with van der Waals surface area (Å²) < 4.78 is 36.8. The van der Waals surface area contributed by atoms with Gasteiger partial charge in [0.25, 0.3) is 0 Å². The lowest BCUT2D eigenvalue weighted by atomic mass is 10.1. The number of nitrogens with one attached hydrogen (secondary N) is 1. The Kier molecular flexibility index (Phi) is 8.13. The van der Waals surface area contributed by atoms with Crippen LogP contribution < -0.4 is 5.32 Å². The third kappa shape index (κ3) is 9.26. The van der Waals surface area contributed by atoms with Gasteiger partial charge < -0.3 is 10.1 Å². The minimum atomic E-state index is -4.67. The lowest BCUT2D eigenvalue weighted by Gasteiger charge is -2.25. The van der Waals surface area contributed by atoms with E-state index in [9.17, 15) is 4.79 Å². The van der Waals surface area contributed by atoms with Crippen LogP contribution >= 0.6 is 0 Å². The fraction of sp³-hybridized carbons (Fsp3) is 0.500. The molecule has 1 aromatic rings. The summed E-state index contributed by atoms with van der Waals surface area (Å²) in [6, 6.07) is 7.94. The number of aryl methyl sites for hydroxylation is 1. The Morgan fingerprint density at radius 1 is 1.26 bits per heavy atom. The summed E-state index contributed by atoms with van der Waals surface area (Å²) in [7, 11) is -4.67. The number of nitrogens with zero attached hydrogens (tertiary/aromatic N) is 1. The SMILES string of the molecule is CCc1ccccc1NC(=O)CN1CCOCC1.O=S(=O)(O)O. The number of anilines is 1. The van der Waals surface area contributed by atoms with E-state index in [4.69, 9.17) is 22.3 Å². The van der Waals surface area contributed by atoms with Crippen LogP contribution in [0.5, 0.6) is 0 Å². The summed E-state index contributed by atoms with van der Waals surface area (Å²) in [4.78, 5) is 14.1. The number of carbonyl (C=O) groups is 1. The van der Waals surface area contributed by atoms with Crippen molar-refractivity contribution < 1.29 is 27.1 Å². The molecule has 0 spiro atoms. The molecule has 1 fully saturated rings. The van der Waals surface area contributed by atoms with E-state index in [0.717, 1.165) is 38.4 Å². The van der Waals surface area contributed by atoms with Crippen molar-refractivity contribution in [3.05, 3.63) is 29.8 Å². The number of ether oxygens (including phenoxy) is 1. The van der Waals surface area contributed by atoms with E-state index in [1.165, 1.54) is 5.56 Å². The number of para-hydroxylation sites is 1. The van der Waals surface area contributed by atoms with E-state index in [2.05, 4.69) is 17.1 Å². The summed E-state index contributed by atoms with van der Waals surface area (Å²) in [5, 5.41) is 2.99. The van der Waals surface area contributed by atoms with Crippen LogP contribution in [0.15, 0.2) is 24.3 Å². The van der Waals surface area contributed by atoms with Gasteiger partial charge in [-0.25, -0.2) is 0 Å². The smallest absolute Gasteiger partial charge is 0.379 e. The van der Waals surface area contributed by atoms with Crippen molar-refractivity contribution in [1.82, 2.24) is 4.90 Å². The third-order valence-corrected chi connectivity index (χ3v) is 3.14. The van der Waals surface area contributed by atoms with Crippen molar-refractivity contribution in [1.29, 1.82) is 0 Å². The molecule has 9 heteroatoms. The van der Waals surface area contributed by atoms with Crippen LogP contribution in [0.3, 0.4) is 0 Å². The number of morpholine rings is 1. The summed E-state index contributed by atoms with van der Waals surface area (Å²) >= 11 is 0. The monoisotopic (exact) mass is 346 g/mol. The summed E-state index contributed by atoms with van der Waals surface area (Å²) in [6.45, 7) is 5.65. The molecule has 0 bridgehead atoms. The number of hydrogen-bond donors (Lipinski definition) is 3. The average Bonchev–Trinajstić information content (AvgIpc) is 2.47. The molecule has 1 aromatic carbocycles. The molecule has 2 rings (SSSR count). The normalized spacial score (nSPS) is 15.4. The van der Waals surface area contributed by atoms with Crippen LogP contribution in [-0.2, 0) is 26.4 Å². The summed E-state index contributed by atoms with van der Waals surface area (Å²) in [5.74, 6) is 0.0535. The predicted molar refractivity (Wildman–Crippen MR) is 85.9 cm³/mol. The standard InChI is InChI=1S/C14H20N2O2.H2O4S/c1-2-12-5-3-4-6-13(12)15-14(17)11-16-7-9-18-10-8-16;1-5(2,3)4/h3-6H,2,7-11H2,1H3,(H,15,17);(H2,1,2,3,4). The van der Waals surface area contributed by atoms with Crippen LogP contribution in [-0.4, -0.2) is 61.2 Å². The zero-order valence-electron chi connectivity index (χ0n) is 12.9. The first-order chi connectivity index (χ1) is 10.8. The third-order valence-electron chi connectivity index (χ3n) is 3.14. The number of rotatable bonds is 4. The highest BCUT2D eigenvalue weighted by atomic mass is 32.3. The van der Waals surface area contributed by atoms with Crippen molar-refractivity contribution in [3.8, 4) is 0 Å². The van der Waals surface area contributed by atoms with Gasteiger partial charge in [0.1, 0.15) is 0 Å². The van der Waals surface area contributed by atoms with Crippen molar-refractivity contribution in [2.24, 2.45) is 0 Å². The summed E-state index contributed by atoms with van der Waals surface area (Å²) in [6.07, 6.45) is 0.925. The Morgan fingerprint density at radius 3 is 2.39 bits per heavy atom. The highest BCUT2D eigenvalue weighted by molar-refractivity contribution is 7.79. The second-order valence-corrected chi connectivity index (χ2v) is 5.79. The maximum Gasteiger partial charge on any atom is 0.394 e. The Morgan fingerprint density at radius 2 is 1.83 bits per heavy atom. The van der Waals surface area contributed by atoms with Gasteiger partial charge in [-0.05, 0) is 18.1 Å². The zero-order chi connectivity index (χ0) is 17.3. The molecular formula is C14H22N2O6S. The van der Waals surface area contributed by atoms with Gasteiger partial charge in [0.2, 0.25) is 5.91 Å². The Bertz CT molecular complexity index is 591. The first-order valence-corrected chi connectivity index (χ1v) is 8.57. The van der Waals surface area contributed by atoms with Gasteiger partial charge in [-0.3, -0.25) is 18.8 Å². The quantitative estimate of drug-likeness (QED) is 0.693. The molecule has 1 aliphatic heterocycles. The highest BCUT2D eigenvalue weighted by Crippen LogP contribution is 2.15. The van der Waals surface area contributed by atoms with Crippen LogP contribution in [0, 0.1) is 0 Å². The summed E-state index contributed by atoms with van der Waals surface area (Å²) in [5.41, 5.74) is 2.10. The minimum Gasteiger partial charge on any atom is -0.379 e. The molecule has 3 N–H and O–H groups in total. The first-order valence-electron chi connectivity index (χ1n) is 7.17. The second-order valence-electron chi connectivity index (χ2n) is 4.90. The maximum absolute atomic E-state index is 12.0. The van der Waals surface area contributed by atoms with Crippen molar-refractivity contribution >= 4 is 22.0 Å². The van der Waals surface area contributed by atoms with E-state index in [0.29, 0.717) is 6.54 Å². The van der Waals surface area contributed by atoms with Gasteiger partial charge in [-0.2, -0.15) is 8.42 Å². The van der Waals surface area contributed by atoms with Gasteiger partial charge in [0, 0.05) is 18.8 Å². The van der Waals surface area contributed by atoms with E-state index in [-0.39, 0.29) is 5.91 Å². The van der Waals surface area contributed by atoms with E-state index >= 15 is 0 Å². The van der Waals surface area contributed by atoms with Crippen molar-refractivity contribution in [2.75, 3.05) is 38.2 Å². The van der Waals surface area contributed by atoms with Gasteiger partial charge in [0.05, 0.1) is 19.8 Å². The lowest BCUT2D eigenvalue weighted by molar-refractivity contribution is -0.118. The Balaban J connectivity index is 0.000000463. The number of benzene rings is 1. The van der Waals surface area contributed by atoms with E-state index < -0.39 is 10.4 Å². The fourth-order valence-corrected chi connectivity index (χ4v) is 2.10. The van der Waals surface area contributed by atoms with Gasteiger partial charge in [-0.15, -0.1) is 0 Å². The van der Waals surface area contributed by atoms with E-state index in [1.54, 1.807) is 0 Å². The molecule has 1 aliphatic rings. The van der Waals surface area contributed by atoms with Crippen LogP contribution in [0.1, 0.15) is 12.5 Å². The minimum absolute atomic E-state index is 0.0535. The molecule has 1 saturated heterocycles. The highest BCUT2D eigenvalue weighted by Gasteiger charge is 2.14. The van der Waals surface area contributed by atoms with Crippen LogP contribution in [0.2, 0.25) is 0 Å². The molecular weight excluding hydrogens is 324 g/mol. The topological polar surface area (TPSA) is 116 Å². The molecule has 23 heavy (non-hydrogen) atoms. The largest absolute Gasteiger partial charge is 0.394 e. The van der Waals surface area contributed by atoms with Crippen LogP contribution in [0.4, 0.5) is 5.69 Å². The van der Waals surface area contributed by atoms with Gasteiger partial charge in [-0.1, -0.05) is 25.1 Å². The molecule has 0 atom stereocenters. The molecule has 1 heterocycles. The lowest BCUT2D eigenvalue weighted by Crippen LogP contribution is -2.41.